The van der Waals surface area contributed by atoms with E-state index in [0.29, 0.717) is 22.8 Å². The zero-order valence-electron chi connectivity index (χ0n) is 16.4. The van der Waals surface area contributed by atoms with Gasteiger partial charge in [-0.2, -0.15) is 0 Å². The number of rotatable bonds is 5. The summed E-state index contributed by atoms with van der Waals surface area (Å²) in [6.45, 7) is 0.870. The summed E-state index contributed by atoms with van der Waals surface area (Å²) in [6.07, 6.45) is 6.47. The van der Waals surface area contributed by atoms with Gasteiger partial charge in [-0.15, -0.1) is 0 Å². The van der Waals surface area contributed by atoms with E-state index in [1.807, 2.05) is 23.1 Å². The Balaban J connectivity index is 1.39. The van der Waals surface area contributed by atoms with Crippen molar-refractivity contribution < 1.29 is 9.59 Å². The largest absolute Gasteiger partial charge is 0.376 e. The van der Waals surface area contributed by atoms with Crippen LogP contribution in [0.25, 0.3) is 0 Å². The number of nitrogens with one attached hydrogen (secondary N) is 2. The monoisotopic (exact) mass is 411 g/mol. The number of carbonyl (C=O) groups is 2. The minimum atomic E-state index is -0.148. The van der Waals surface area contributed by atoms with Crippen molar-refractivity contribution in [3.8, 4) is 0 Å². The fourth-order valence-corrected chi connectivity index (χ4v) is 4.39. The van der Waals surface area contributed by atoms with Gasteiger partial charge in [-0.25, -0.2) is 0 Å². The predicted molar refractivity (Wildman–Crippen MR) is 117 cm³/mol. The number of benzene rings is 2. The summed E-state index contributed by atoms with van der Waals surface area (Å²) >= 11 is 6.27. The molecule has 4 rings (SSSR count). The summed E-state index contributed by atoms with van der Waals surface area (Å²) in [6, 6.07) is 13.4. The highest BCUT2D eigenvalue weighted by molar-refractivity contribution is 6.34. The summed E-state index contributed by atoms with van der Waals surface area (Å²) in [5.41, 5.74) is 3.35. The first-order chi connectivity index (χ1) is 14.1. The fraction of sp³-hybridized carbons (Fsp3) is 0.391. The fourth-order valence-electron chi connectivity index (χ4n) is 4.19. The molecule has 29 heavy (non-hydrogen) atoms. The quantitative estimate of drug-likeness (QED) is 0.766. The van der Waals surface area contributed by atoms with Gasteiger partial charge in [0.1, 0.15) is 0 Å². The second-order valence-corrected chi connectivity index (χ2v) is 8.19. The molecule has 152 valence electrons. The maximum atomic E-state index is 12.7. The molecule has 5 nitrogen and oxygen atoms in total. The van der Waals surface area contributed by atoms with Gasteiger partial charge in [-0.3, -0.25) is 9.59 Å². The van der Waals surface area contributed by atoms with E-state index >= 15 is 0 Å². The van der Waals surface area contributed by atoms with Crippen LogP contribution in [0.15, 0.2) is 42.5 Å². The third kappa shape index (κ3) is 4.56. The molecular formula is C23H26ClN3O2. The topological polar surface area (TPSA) is 61.4 Å². The van der Waals surface area contributed by atoms with Crippen LogP contribution < -0.4 is 15.5 Å². The molecule has 1 fully saturated rings. The number of anilines is 2. The van der Waals surface area contributed by atoms with Crippen LogP contribution in [0.3, 0.4) is 0 Å². The molecule has 1 saturated carbocycles. The van der Waals surface area contributed by atoms with Gasteiger partial charge in [0.2, 0.25) is 5.91 Å². The van der Waals surface area contributed by atoms with Crippen molar-refractivity contribution in [3.63, 3.8) is 0 Å². The van der Waals surface area contributed by atoms with Crippen LogP contribution in [-0.2, 0) is 11.2 Å². The minimum Gasteiger partial charge on any atom is -0.376 e. The Morgan fingerprint density at radius 3 is 2.69 bits per heavy atom. The Bertz CT molecular complexity index is 909. The van der Waals surface area contributed by atoms with Crippen LogP contribution in [0.1, 0.15) is 48.0 Å². The van der Waals surface area contributed by atoms with Crippen LogP contribution in [0.2, 0.25) is 5.02 Å². The molecule has 0 saturated heterocycles. The normalized spacial score (nSPS) is 16.4. The van der Waals surface area contributed by atoms with E-state index in [-0.39, 0.29) is 24.4 Å². The maximum Gasteiger partial charge on any atom is 0.253 e. The number of amides is 2. The molecule has 0 bridgehead atoms. The molecule has 2 amide bonds. The van der Waals surface area contributed by atoms with Gasteiger partial charge < -0.3 is 15.5 Å². The molecule has 0 aromatic heterocycles. The summed E-state index contributed by atoms with van der Waals surface area (Å²) in [4.78, 5) is 27.2. The molecule has 2 aliphatic rings. The van der Waals surface area contributed by atoms with Crippen molar-refractivity contribution in [2.45, 2.75) is 44.6 Å². The summed E-state index contributed by atoms with van der Waals surface area (Å²) in [5.74, 6) is -0.136. The highest BCUT2D eigenvalue weighted by Gasteiger charge is 2.24. The number of para-hydroxylation sites is 1. The second kappa shape index (κ2) is 8.87. The Morgan fingerprint density at radius 1 is 1.07 bits per heavy atom. The average Bonchev–Trinajstić information content (AvgIpc) is 3.18. The third-order valence-corrected chi connectivity index (χ3v) is 6.11. The van der Waals surface area contributed by atoms with Gasteiger partial charge in [0.05, 0.1) is 17.1 Å². The molecule has 2 aromatic rings. The lowest BCUT2D eigenvalue weighted by Crippen LogP contribution is -2.36. The van der Waals surface area contributed by atoms with Crippen molar-refractivity contribution in [1.29, 1.82) is 0 Å². The van der Waals surface area contributed by atoms with Crippen LogP contribution >= 0.6 is 11.6 Å². The summed E-state index contributed by atoms with van der Waals surface area (Å²) in [7, 11) is 0. The summed E-state index contributed by atoms with van der Waals surface area (Å²) in [5, 5.41) is 6.67. The molecule has 1 aliphatic heterocycles. The Labute approximate surface area is 176 Å². The van der Waals surface area contributed by atoms with Gasteiger partial charge >= 0.3 is 0 Å². The van der Waals surface area contributed by atoms with E-state index in [1.165, 1.54) is 12.0 Å². The smallest absolute Gasteiger partial charge is 0.253 e. The highest BCUT2D eigenvalue weighted by Crippen LogP contribution is 2.28. The average molecular weight is 412 g/mol. The molecule has 0 spiro atoms. The first-order valence-electron chi connectivity index (χ1n) is 10.3. The first-order valence-corrected chi connectivity index (χ1v) is 10.7. The van der Waals surface area contributed by atoms with Gasteiger partial charge in [0.15, 0.2) is 0 Å². The molecule has 0 atom stereocenters. The summed E-state index contributed by atoms with van der Waals surface area (Å²) < 4.78 is 0. The first kappa shape index (κ1) is 19.8. The molecule has 0 radical (unpaired) electrons. The Kier molecular flexibility index (Phi) is 6.05. The Morgan fingerprint density at radius 2 is 1.86 bits per heavy atom. The van der Waals surface area contributed by atoms with E-state index in [9.17, 15) is 9.59 Å². The van der Waals surface area contributed by atoms with Gasteiger partial charge in [0, 0.05) is 24.0 Å². The third-order valence-electron chi connectivity index (χ3n) is 5.78. The van der Waals surface area contributed by atoms with E-state index < -0.39 is 0 Å². The zero-order chi connectivity index (χ0) is 20.2. The van der Waals surface area contributed by atoms with Gasteiger partial charge in [-0.1, -0.05) is 49.1 Å². The van der Waals surface area contributed by atoms with Crippen LogP contribution in [0, 0.1) is 0 Å². The van der Waals surface area contributed by atoms with Crippen molar-refractivity contribution >= 4 is 34.8 Å². The van der Waals surface area contributed by atoms with E-state index in [2.05, 4.69) is 16.7 Å². The SMILES string of the molecule is O=C(NC1CCCCC1)c1cc(NCC(=O)N2CCc3ccccc32)ccc1Cl. The molecule has 6 heteroatoms. The molecule has 1 heterocycles. The van der Waals surface area contributed by atoms with Crippen LogP contribution in [-0.4, -0.2) is 30.9 Å². The van der Waals surface area contributed by atoms with E-state index in [1.54, 1.807) is 18.2 Å². The minimum absolute atomic E-state index is 0.0121. The number of hydrogen-bond donors (Lipinski definition) is 2. The lowest BCUT2D eigenvalue weighted by Gasteiger charge is -2.23. The number of fused-ring (bicyclic) bond motifs is 1. The van der Waals surface area contributed by atoms with E-state index in [0.717, 1.165) is 37.8 Å². The predicted octanol–water partition coefficient (Wildman–Crippen LogP) is 4.40. The molecular weight excluding hydrogens is 386 g/mol. The van der Waals surface area contributed by atoms with Gasteiger partial charge in [0.25, 0.3) is 5.91 Å². The number of carbonyl (C=O) groups excluding carboxylic acids is 2. The highest BCUT2D eigenvalue weighted by atomic mass is 35.5. The zero-order valence-corrected chi connectivity index (χ0v) is 17.2. The lowest BCUT2D eigenvalue weighted by atomic mass is 9.95. The number of halogens is 1. The Hall–Kier alpha value is -2.53. The van der Waals surface area contributed by atoms with Crippen LogP contribution in [0.5, 0.6) is 0 Å². The lowest BCUT2D eigenvalue weighted by molar-refractivity contribution is -0.116. The number of nitrogens with zero attached hydrogens (tertiary/aromatic N) is 1. The van der Waals surface area contributed by atoms with Crippen molar-refractivity contribution in [2.24, 2.45) is 0 Å². The van der Waals surface area contributed by atoms with Gasteiger partial charge in [-0.05, 0) is 49.1 Å². The van der Waals surface area contributed by atoms with Crippen LogP contribution in [0.4, 0.5) is 11.4 Å². The molecule has 1 aliphatic carbocycles. The van der Waals surface area contributed by atoms with E-state index in [4.69, 9.17) is 11.6 Å². The molecule has 0 unspecified atom stereocenters. The van der Waals surface area contributed by atoms with Crippen molar-refractivity contribution in [1.82, 2.24) is 5.32 Å². The maximum absolute atomic E-state index is 12.7. The molecule has 2 N–H and O–H groups in total. The standard InChI is InChI=1S/C23H26ClN3O2/c24-20-11-10-18(14-19(20)23(29)26-17-7-2-1-3-8-17)25-15-22(28)27-13-12-16-6-4-5-9-21(16)27/h4-6,9-11,14,17,25H,1-3,7-8,12-13,15H2,(H,26,29). The second-order valence-electron chi connectivity index (χ2n) is 7.78. The van der Waals surface area contributed by atoms with Crippen molar-refractivity contribution in [2.75, 3.05) is 23.3 Å². The molecule has 2 aromatic carbocycles. The number of hydrogen-bond acceptors (Lipinski definition) is 3. The van der Waals surface area contributed by atoms with Crippen molar-refractivity contribution in [3.05, 3.63) is 58.6 Å².